The zero-order chi connectivity index (χ0) is 26.0. The molecule has 0 aromatic heterocycles. The third kappa shape index (κ3) is 7.32. The van der Waals surface area contributed by atoms with Crippen molar-refractivity contribution >= 4 is 33.4 Å². The summed E-state index contributed by atoms with van der Waals surface area (Å²) < 4.78 is 44.4. The van der Waals surface area contributed by atoms with Crippen LogP contribution in [0.3, 0.4) is 0 Å². The van der Waals surface area contributed by atoms with Gasteiger partial charge in [-0.1, -0.05) is 6.07 Å². The van der Waals surface area contributed by atoms with Gasteiger partial charge in [0.2, 0.25) is 5.91 Å². The van der Waals surface area contributed by atoms with E-state index in [-0.39, 0.29) is 24.6 Å². The average Bonchev–Trinajstić information content (AvgIpc) is 2.90. The number of anilines is 1. The lowest BCUT2D eigenvalue weighted by molar-refractivity contribution is -0.119. The van der Waals surface area contributed by atoms with Gasteiger partial charge < -0.3 is 19.5 Å². The minimum absolute atomic E-state index is 0.100. The van der Waals surface area contributed by atoms with Crippen LogP contribution in [0.5, 0.6) is 17.2 Å². The van der Waals surface area contributed by atoms with E-state index < -0.39 is 15.9 Å². The summed E-state index contributed by atoms with van der Waals surface area (Å²) in [7, 11) is -2.43. The molecule has 0 aliphatic heterocycles. The van der Waals surface area contributed by atoms with Gasteiger partial charge in [-0.05, 0) is 73.8 Å². The molecule has 0 bridgehead atoms. The molecule has 192 valence electrons. The van der Waals surface area contributed by atoms with E-state index in [0.29, 0.717) is 29.5 Å². The number of nitrogens with zero attached hydrogens (tertiary/aromatic N) is 1. The van der Waals surface area contributed by atoms with Crippen molar-refractivity contribution in [3.8, 4) is 17.2 Å². The summed E-state index contributed by atoms with van der Waals surface area (Å²) in [6.45, 7) is 2.38. The second-order valence-corrected chi connectivity index (χ2v) is 10.2. The van der Waals surface area contributed by atoms with Crippen LogP contribution in [0.2, 0.25) is 0 Å². The molecule has 1 amide bonds. The van der Waals surface area contributed by atoms with Crippen LogP contribution in [0.1, 0.15) is 6.92 Å². The number of ether oxygens (including phenoxy) is 3. The van der Waals surface area contributed by atoms with Crippen LogP contribution < -0.4 is 23.8 Å². The number of benzene rings is 3. The number of carbonyl (C=O) groups is 1. The minimum atomic E-state index is -4.00. The number of carbonyl (C=O) groups excluding carboxylic acids is 1. The van der Waals surface area contributed by atoms with E-state index in [2.05, 4.69) is 5.32 Å². The van der Waals surface area contributed by atoms with Crippen molar-refractivity contribution in [1.82, 2.24) is 5.32 Å². The predicted molar refractivity (Wildman–Crippen MR) is 142 cm³/mol. The highest BCUT2D eigenvalue weighted by atomic mass is 32.2. The molecule has 0 saturated heterocycles. The summed E-state index contributed by atoms with van der Waals surface area (Å²) in [6.07, 6.45) is 1.91. The van der Waals surface area contributed by atoms with E-state index >= 15 is 0 Å². The number of thioether (sulfide) groups is 1. The number of rotatable bonds is 13. The number of amides is 1. The van der Waals surface area contributed by atoms with Gasteiger partial charge in [0.05, 0.1) is 30.8 Å². The summed E-state index contributed by atoms with van der Waals surface area (Å²) in [5.41, 5.74) is 0.357. The van der Waals surface area contributed by atoms with Gasteiger partial charge in [0.25, 0.3) is 10.0 Å². The highest BCUT2D eigenvalue weighted by molar-refractivity contribution is 7.98. The van der Waals surface area contributed by atoms with Crippen molar-refractivity contribution < 1.29 is 27.4 Å². The van der Waals surface area contributed by atoms with Gasteiger partial charge in [0.15, 0.2) is 0 Å². The highest BCUT2D eigenvalue weighted by Gasteiger charge is 2.27. The Labute approximate surface area is 216 Å². The quantitative estimate of drug-likeness (QED) is 0.261. The van der Waals surface area contributed by atoms with Crippen LogP contribution in [0.15, 0.2) is 82.6 Å². The first-order valence-corrected chi connectivity index (χ1v) is 14.0. The molecular formula is C26H30N2O6S2. The minimum Gasteiger partial charge on any atom is -0.497 e. The van der Waals surface area contributed by atoms with E-state index in [4.69, 9.17) is 14.2 Å². The number of hydrogen-bond donors (Lipinski definition) is 1. The summed E-state index contributed by atoms with van der Waals surface area (Å²) in [5, 5.41) is 2.73. The molecular weight excluding hydrogens is 500 g/mol. The molecule has 0 aliphatic rings. The third-order valence-electron chi connectivity index (χ3n) is 5.10. The van der Waals surface area contributed by atoms with E-state index in [1.54, 1.807) is 79.9 Å². The molecule has 36 heavy (non-hydrogen) atoms. The zero-order valence-electron chi connectivity index (χ0n) is 20.5. The molecule has 0 fully saturated rings. The molecule has 0 saturated carbocycles. The predicted octanol–water partition coefficient (Wildman–Crippen LogP) is 4.21. The fraction of sp³-hybridized carbons (Fsp3) is 0.269. The lowest BCUT2D eigenvalue weighted by atomic mass is 10.3. The second kappa shape index (κ2) is 13.1. The van der Waals surface area contributed by atoms with Crippen molar-refractivity contribution in [1.29, 1.82) is 0 Å². The van der Waals surface area contributed by atoms with Gasteiger partial charge in [0.1, 0.15) is 30.4 Å². The Bertz CT molecular complexity index is 1230. The Kier molecular flexibility index (Phi) is 9.89. The molecule has 1 N–H and O–H groups in total. The molecule has 8 nitrogen and oxygen atoms in total. The summed E-state index contributed by atoms with van der Waals surface area (Å²) in [4.78, 5) is 13.8. The van der Waals surface area contributed by atoms with Crippen molar-refractivity contribution in [2.75, 3.05) is 44.0 Å². The van der Waals surface area contributed by atoms with Gasteiger partial charge in [-0.15, -0.1) is 11.8 Å². The standard InChI is InChI=1S/C26H30N2O6S2/c1-4-33-21-10-8-20(9-11-21)28(36(30,31)25-14-12-24(35-3)13-15-25)19-26(29)27-16-17-34-23-7-5-6-22(18-23)32-2/h5-15,18H,4,16-17,19H2,1-3H3,(H,27,29). The number of methoxy groups -OCH3 is 1. The second-order valence-electron chi connectivity index (χ2n) is 7.49. The normalized spacial score (nSPS) is 11.0. The fourth-order valence-corrected chi connectivity index (χ4v) is 5.13. The topological polar surface area (TPSA) is 94.2 Å². The van der Waals surface area contributed by atoms with Crippen LogP contribution in [-0.4, -0.2) is 54.0 Å². The molecule has 3 rings (SSSR count). The Balaban J connectivity index is 1.72. The first-order valence-electron chi connectivity index (χ1n) is 11.3. The molecule has 0 unspecified atom stereocenters. The first kappa shape index (κ1) is 27.2. The Morgan fingerprint density at radius 3 is 2.28 bits per heavy atom. The van der Waals surface area contributed by atoms with Gasteiger partial charge >= 0.3 is 0 Å². The SMILES string of the molecule is CCOc1ccc(N(CC(=O)NCCOc2cccc(OC)c2)S(=O)(=O)c2ccc(SC)cc2)cc1. The third-order valence-corrected chi connectivity index (χ3v) is 7.64. The van der Waals surface area contributed by atoms with Crippen LogP contribution in [-0.2, 0) is 14.8 Å². The van der Waals surface area contributed by atoms with E-state index in [0.717, 1.165) is 9.20 Å². The Morgan fingerprint density at radius 2 is 1.64 bits per heavy atom. The van der Waals surface area contributed by atoms with Crippen LogP contribution in [0, 0.1) is 0 Å². The van der Waals surface area contributed by atoms with Gasteiger partial charge in [-0.2, -0.15) is 0 Å². The van der Waals surface area contributed by atoms with Crippen molar-refractivity contribution in [3.05, 3.63) is 72.8 Å². The number of sulfonamides is 1. The lowest BCUT2D eigenvalue weighted by Crippen LogP contribution is -2.41. The molecule has 0 spiro atoms. The van der Waals surface area contributed by atoms with Gasteiger partial charge in [0, 0.05) is 11.0 Å². The maximum Gasteiger partial charge on any atom is 0.264 e. The van der Waals surface area contributed by atoms with Crippen LogP contribution >= 0.6 is 11.8 Å². The average molecular weight is 531 g/mol. The Morgan fingerprint density at radius 1 is 0.944 bits per heavy atom. The molecule has 10 heteroatoms. The maximum absolute atomic E-state index is 13.5. The van der Waals surface area contributed by atoms with Crippen molar-refractivity contribution in [2.45, 2.75) is 16.7 Å². The molecule has 0 radical (unpaired) electrons. The number of nitrogens with one attached hydrogen (secondary N) is 1. The molecule has 0 aliphatic carbocycles. The highest BCUT2D eigenvalue weighted by Crippen LogP contribution is 2.27. The van der Waals surface area contributed by atoms with Crippen molar-refractivity contribution in [2.24, 2.45) is 0 Å². The molecule has 0 atom stereocenters. The van der Waals surface area contributed by atoms with E-state index in [9.17, 15) is 13.2 Å². The number of hydrogen-bond acceptors (Lipinski definition) is 7. The molecule has 0 heterocycles. The molecule has 3 aromatic rings. The summed E-state index contributed by atoms with van der Waals surface area (Å²) in [5.74, 6) is 1.43. The van der Waals surface area contributed by atoms with Gasteiger partial charge in [-0.25, -0.2) is 8.42 Å². The monoisotopic (exact) mass is 530 g/mol. The zero-order valence-corrected chi connectivity index (χ0v) is 22.1. The van der Waals surface area contributed by atoms with E-state index in [1.807, 2.05) is 13.2 Å². The summed E-state index contributed by atoms with van der Waals surface area (Å²) in [6, 6.07) is 20.3. The summed E-state index contributed by atoms with van der Waals surface area (Å²) >= 11 is 1.52. The Hall–Kier alpha value is -3.37. The molecule has 3 aromatic carbocycles. The first-order chi connectivity index (χ1) is 17.4. The van der Waals surface area contributed by atoms with Crippen molar-refractivity contribution in [3.63, 3.8) is 0 Å². The lowest BCUT2D eigenvalue weighted by Gasteiger charge is -2.24. The van der Waals surface area contributed by atoms with Gasteiger partial charge in [-0.3, -0.25) is 9.10 Å². The largest absolute Gasteiger partial charge is 0.497 e. The smallest absolute Gasteiger partial charge is 0.264 e. The van der Waals surface area contributed by atoms with Crippen LogP contribution in [0.4, 0.5) is 5.69 Å². The fourth-order valence-electron chi connectivity index (χ4n) is 3.30. The van der Waals surface area contributed by atoms with Crippen LogP contribution in [0.25, 0.3) is 0 Å². The van der Waals surface area contributed by atoms with E-state index in [1.165, 1.54) is 11.8 Å². The maximum atomic E-state index is 13.5.